The number of carbonyl (C=O) groups is 2. The molecule has 0 aliphatic carbocycles. The summed E-state index contributed by atoms with van der Waals surface area (Å²) >= 11 is 1.53. The van der Waals surface area contributed by atoms with Crippen LogP contribution in [0.1, 0.15) is 17.7 Å². The first-order valence-electron chi connectivity index (χ1n) is 4.80. The van der Waals surface area contributed by atoms with E-state index >= 15 is 0 Å². The van der Waals surface area contributed by atoms with Crippen molar-refractivity contribution in [1.29, 1.82) is 0 Å². The number of nitrogens with one attached hydrogen (secondary N) is 1. The summed E-state index contributed by atoms with van der Waals surface area (Å²) in [6.45, 7) is 0.453. The highest BCUT2D eigenvalue weighted by Gasteiger charge is 2.17. The minimum absolute atomic E-state index is 0.0933. The maximum absolute atomic E-state index is 10.8. The molecule has 0 saturated carbocycles. The van der Waals surface area contributed by atoms with Crippen LogP contribution >= 0.6 is 11.3 Å². The molecule has 0 fully saturated rings. The third kappa shape index (κ3) is 4.41. The van der Waals surface area contributed by atoms with Crippen molar-refractivity contribution in [3.8, 4) is 0 Å². The second kappa shape index (κ2) is 6.24. The van der Waals surface area contributed by atoms with Crippen molar-refractivity contribution in [2.45, 2.75) is 25.4 Å². The molecule has 5 nitrogen and oxygen atoms in total. The van der Waals surface area contributed by atoms with Crippen molar-refractivity contribution in [1.82, 2.24) is 5.32 Å². The molecule has 1 aromatic rings. The number of carboxylic acids is 2. The van der Waals surface area contributed by atoms with E-state index in [4.69, 9.17) is 10.2 Å². The first kappa shape index (κ1) is 12.7. The van der Waals surface area contributed by atoms with Crippen molar-refractivity contribution < 1.29 is 19.8 Å². The molecule has 6 heteroatoms. The van der Waals surface area contributed by atoms with Gasteiger partial charge in [-0.3, -0.25) is 14.9 Å². The van der Waals surface area contributed by atoms with Crippen LogP contribution in [0.15, 0.2) is 17.5 Å². The average molecular weight is 243 g/mol. The molecule has 0 bridgehead atoms. The number of hydrogen-bond donors (Lipinski definition) is 3. The van der Waals surface area contributed by atoms with Gasteiger partial charge >= 0.3 is 11.9 Å². The molecule has 1 atom stereocenters. The first-order valence-corrected chi connectivity index (χ1v) is 5.68. The van der Waals surface area contributed by atoms with Crippen molar-refractivity contribution in [2.75, 3.05) is 0 Å². The van der Waals surface area contributed by atoms with Crippen LogP contribution in [-0.4, -0.2) is 28.2 Å². The normalized spacial score (nSPS) is 12.2. The number of thiophene rings is 1. The van der Waals surface area contributed by atoms with E-state index in [1.54, 1.807) is 0 Å². The van der Waals surface area contributed by atoms with E-state index in [0.717, 1.165) is 4.88 Å². The van der Waals surface area contributed by atoms with Crippen LogP contribution in [0.3, 0.4) is 0 Å². The van der Waals surface area contributed by atoms with Crippen LogP contribution in [0.2, 0.25) is 0 Å². The molecular weight excluding hydrogens is 230 g/mol. The van der Waals surface area contributed by atoms with Gasteiger partial charge in [0.05, 0.1) is 0 Å². The summed E-state index contributed by atoms with van der Waals surface area (Å²) in [6.07, 6.45) is -0.0511. The molecule has 1 unspecified atom stereocenters. The molecule has 0 aliphatic rings. The van der Waals surface area contributed by atoms with Gasteiger partial charge in [0.2, 0.25) is 0 Å². The Morgan fingerprint density at radius 2 is 2.19 bits per heavy atom. The minimum atomic E-state index is -1.02. The maximum atomic E-state index is 10.8. The molecule has 0 aliphatic heterocycles. The van der Waals surface area contributed by atoms with Gasteiger partial charge in [-0.2, -0.15) is 0 Å². The molecule has 0 aromatic carbocycles. The summed E-state index contributed by atoms with van der Waals surface area (Å²) in [5, 5.41) is 22.1. The van der Waals surface area contributed by atoms with Crippen LogP contribution in [0.25, 0.3) is 0 Å². The zero-order valence-electron chi connectivity index (χ0n) is 8.55. The Labute approximate surface area is 96.7 Å². The van der Waals surface area contributed by atoms with Crippen LogP contribution in [0.4, 0.5) is 0 Å². The zero-order valence-corrected chi connectivity index (χ0v) is 9.37. The molecule has 0 radical (unpaired) electrons. The monoisotopic (exact) mass is 243 g/mol. The molecule has 1 heterocycles. The molecule has 0 spiro atoms. The van der Waals surface area contributed by atoms with Crippen molar-refractivity contribution in [2.24, 2.45) is 0 Å². The van der Waals surface area contributed by atoms with E-state index in [9.17, 15) is 9.59 Å². The van der Waals surface area contributed by atoms with E-state index in [0.29, 0.717) is 6.54 Å². The lowest BCUT2D eigenvalue weighted by molar-refractivity contribution is -0.140. The lowest BCUT2D eigenvalue weighted by Crippen LogP contribution is -2.36. The minimum Gasteiger partial charge on any atom is -0.481 e. The molecule has 16 heavy (non-hydrogen) atoms. The highest BCUT2D eigenvalue weighted by atomic mass is 32.1. The second-order valence-corrected chi connectivity index (χ2v) is 4.32. The van der Waals surface area contributed by atoms with Crippen LogP contribution < -0.4 is 5.32 Å². The summed E-state index contributed by atoms with van der Waals surface area (Å²) in [5.74, 6) is -2.00. The summed E-state index contributed by atoms with van der Waals surface area (Å²) in [4.78, 5) is 22.2. The highest BCUT2D eigenvalue weighted by Crippen LogP contribution is 2.08. The van der Waals surface area contributed by atoms with Gasteiger partial charge in [0.1, 0.15) is 6.04 Å². The number of aliphatic carboxylic acids is 2. The summed E-state index contributed by atoms with van der Waals surface area (Å²) in [7, 11) is 0. The first-order chi connectivity index (χ1) is 7.59. The molecule has 0 saturated heterocycles. The fourth-order valence-corrected chi connectivity index (χ4v) is 1.87. The maximum Gasteiger partial charge on any atom is 0.320 e. The quantitative estimate of drug-likeness (QED) is 0.669. The van der Waals surface area contributed by atoms with Gasteiger partial charge in [0.15, 0.2) is 0 Å². The third-order valence-electron chi connectivity index (χ3n) is 2.05. The Bertz CT molecular complexity index is 350. The summed E-state index contributed by atoms with van der Waals surface area (Å²) in [5.41, 5.74) is 0. The Morgan fingerprint density at radius 3 is 2.69 bits per heavy atom. The molecular formula is C10H13NO4S. The number of rotatable bonds is 7. The standard InChI is InChI=1S/C10H13NO4S/c12-9(13)4-3-8(10(14)15)11-6-7-2-1-5-16-7/h1-2,5,8,11H,3-4,6H2,(H,12,13)(H,14,15). The zero-order chi connectivity index (χ0) is 12.0. The predicted molar refractivity (Wildman–Crippen MR) is 59.5 cm³/mol. The van der Waals surface area contributed by atoms with Crippen LogP contribution in [-0.2, 0) is 16.1 Å². The molecule has 3 N–H and O–H groups in total. The molecule has 0 amide bonds. The van der Waals surface area contributed by atoms with Gasteiger partial charge < -0.3 is 10.2 Å². The van der Waals surface area contributed by atoms with E-state index in [-0.39, 0.29) is 12.8 Å². The summed E-state index contributed by atoms with van der Waals surface area (Å²) < 4.78 is 0. The molecule has 1 rings (SSSR count). The Balaban J connectivity index is 2.39. The lowest BCUT2D eigenvalue weighted by Gasteiger charge is -2.12. The summed E-state index contributed by atoms with van der Waals surface area (Å²) in [6, 6.07) is 2.97. The van der Waals surface area contributed by atoms with Crippen molar-refractivity contribution in [3.05, 3.63) is 22.4 Å². The lowest BCUT2D eigenvalue weighted by atomic mass is 10.1. The van der Waals surface area contributed by atoms with Gasteiger partial charge in [-0.15, -0.1) is 11.3 Å². The van der Waals surface area contributed by atoms with E-state index < -0.39 is 18.0 Å². The Morgan fingerprint density at radius 1 is 1.44 bits per heavy atom. The van der Waals surface area contributed by atoms with E-state index in [1.165, 1.54) is 11.3 Å². The van der Waals surface area contributed by atoms with Crippen LogP contribution in [0, 0.1) is 0 Å². The van der Waals surface area contributed by atoms with Gasteiger partial charge in [-0.05, 0) is 17.9 Å². The smallest absolute Gasteiger partial charge is 0.320 e. The van der Waals surface area contributed by atoms with Gasteiger partial charge in [-0.1, -0.05) is 6.07 Å². The number of hydrogen-bond acceptors (Lipinski definition) is 4. The third-order valence-corrected chi connectivity index (χ3v) is 2.92. The Hall–Kier alpha value is -1.40. The second-order valence-electron chi connectivity index (χ2n) is 3.28. The average Bonchev–Trinajstić information content (AvgIpc) is 2.69. The van der Waals surface area contributed by atoms with Crippen LogP contribution in [0.5, 0.6) is 0 Å². The molecule has 1 aromatic heterocycles. The highest BCUT2D eigenvalue weighted by molar-refractivity contribution is 7.09. The van der Waals surface area contributed by atoms with E-state index in [1.807, 2.05) is 17.5 Å². The predicted octanol–water partition coefficient (Wildman–Crippen LogP) is 1.16. The largest absolute Gasteiger partial charge is 0.481 e. The number of carboxylic acid groups (broad SMARTS) is 2. The SMILES string of the molecule is O=C(O)CCC(NCc1cccs1)C(=O)O. The van der Waals surface area contributed by atoms with Gasteiger partial charge in [0, 0.05) is 17.8 Å². The van der Waals surface area contributed by atoms with Crippen molar-refractivity contribution in [3.63, 3.8) is 0 Å². The fraction of sp³-hybridized carbons (Fsp3) is 0.400. The fourth-order valence-electron chi connectivity index (χ4n) is 1.22. The van der Waals surface area contributed by atoms with E-state index in [2.05, 4.69) is 5.32 Å². The Kier molecular flexibility index (Phi) is 4.94. The van der Waals surface area contributed by atoms with Gasteiger partial charge in [0.25, 0.3) is 0 Å². The molecule has 88 valence electrons. The van der Waals surface area contributed by atoms with Crippen molar-refractivity contribution >= 4 is 23.3 Å². The topological polar surface area (TPSA) is 86.6 Å². The van der Waals surface area contributed by atoms with Gasteiger partial charge in [-0.25, -0.2) is 0 Å².